The van der Waals surface area contributed by atoms with Gasteiger partial charge in [0, 0.05) is 6.04 Å². The summed E-state index contributed by atoms with van der Waals surface area (Å²) in [6.45, 7) is 8.32. The maximum atomic E-state index is 12.2. The molecule has 1 amide bonds. The van der Waals surface area contributed by atoms with Crippen molar-refractivity contribution < 1.29 is 9.53 Å². The molecule has 0 spiro atoms. The number of hydrogen-bond donors (Lipinski definition) is 1. The Labute approximate surface area is 135 Å². The molecule has 1 heterocycles. The van der Waals surface area contributed by atoms with Gasteiger partial charge in [-0.3, -0.25) is 4.79 Å². The summed E-state index contributed by atoms with van der Waals surface area (Å²) in [7, 11) is 0. The van der Waals surface area contributed by atoms with Crippen molar-refractivity contribution in [3.63, 3.8) is 0 Å². The van der Waals surface area contributed by atoms with E-state index in [2.05, 4.69) is 10.3 Å². The first-order valence-corrected chi connectivity index (χ1v) is 8.28. The summed E-state index contributed by atoms with van der Waals surface area (Å²) in [5.41, 5.74) is 1.95. The molecule has 1 aromatic heterocycles. The molecule has 1 aromatic carbocycles. The molecule has 0 aliphatic rings. The van der Waals surface area contributed by atoms with Gasteiger partial charge in [0.25, 0.3) is 5.91 Å². The largest absolute Gasteiger partial charge is 0.486 e. The Morgan fingerprint density at radius 1 is 1.32 bits per heavy atom. The van der Waals surface area contributed by atoms with E-state index in [4.69, 9.17) is 4.74 Å². The molecule has 0 radical (unpaired) electrons. The summed E-state index contributed by atoms with van der Waals surface area (Å²) >= 11 is 1.39. The van der Waals surface area contributed by atoms with E-state index in [9.17, 15) is 4.79 Å². The highest BCUT2D eigenvalue weighted by Gasteiger charge is 2.16. The number of carbonyl (C=O) groups excluding carboxylic acids is 1. The highest BCUT2D eigenvalue weighted by atomic mass is 32.1. The van der Waals surface area contributed by atoms with Crippen LogP contribution in [-0.2, 0) is 6.61 Å². The summed E-state index contributed by atoms with van der Waals surface area (Å²) in [6.07, 6.45) is 0.910. The summed E-state index contributed by atoms with van der Waals surface area (Å²) in [4.78, 5) is 17.3. The number of aryl methyl sites for hydroxylation is 2. The van der Waals surface area contributed by atoms with Gasteiger partial charge in [-0.25, -0.2) is 4.98 Å². The van der Waals surface area contributed by atoms with Crippen LogP contribution in [0.3, 0.4) is 0 Å². The number of carbonyl (C=O) groups is 1. The van der Waals surface area contributed by atoms with E-state index in [0.29, 0.717) is 11.5 Å². The number of thiazole rings is 1. The highest BCUT2D eigenvalue weighted by Crippen LogP contribution is 2.20. The van der Waals surface area contributed by atoms with Crippen LogP contribution in [0.25, 0.3) is 0 Å². The minimum Gasteiger partial charge on any atom is -0.486 e. The van der Waals surface area contributed by atoms with Gasteiger partial charge in [-0.15, -0.1) is 11.3 Å². The predicted molar refractivity (Wildman–Crippen MR) is 89.6 cm³/mol. The lowest BCUT2D eigenvalue weighted by atomic mass is 10.2. The summed E-state index contributed by atoms with van der Waals surface area (Å²) in [5.74, 6) is 0.759. The Kier molecular flexibility index (Phi) is 5.55. The molecule has 2 rings (SSSR count). The Morgan fingerprint density at radius 3 is 2.64 bits per heavy atom. The molecular formula is C17H22N2O2S. The van der Waals surface area contributed by atoms with Gasteiger partial charge >= 0.3 is 0 Å². The topological polar surface area (TPSA) is 51.2 Å². The average Bonchev–Trinajstić information content (AvgIpc) is 2.87. The minimum atomic E-state index is -0.0501. The molecule has 1 N–H and O–H groups in total. The van der Waals surface area contributed by atoms with Gasteiger partial charge in [-0.1, -0.05) is 24.6 Å². The number of benzene rings is 1. The van der Waals surface area contributed by atoms with Crippen LogP contribution in [0.15, 0.2) is 24.3 Å². The number of rotatable bonds is 6. The molecule has 2 aromatic rings. The van der Waals surface area contributed by atoms with Gasteiger partial charge in [-0.2, -0.15) is 0 Å². The van der Waals surface area contributed by atoms with Crippen LogP contribution in [0.5, 0.6) is 5.75 Å². The third-order valence-electron chi connectivity index (χ3n) is 3.42. The van der Waals surface area contributed by atoms with Crippen LogP contribution >= 0.6 is 11.3 Å². The quantitative estimate of drug-likeness (QED) is 0.879. The zero-order chi connectivity index (χ0) is 16.1. The Hall–Kier alpha value is -1.88. The number of nitrogens with one attached hydrogen (secondary N) is 1. The molecule has 0 fully saturated rings. The van der Waals surface area contributed by atoms with Gasteiger partial charge < -0.3 is 10.1 Å². The van der Waals surface area contributed by atoms with E-state index in [1.54, 1.807) is 0 Å². The summed E-state index contributed by atoms with van der Waals surface area (Å²) < 4.78 is 5.71. The van der Waals surface area contributed by atoms with Crippen LogP contribution in [0.4, 0.5) is 0 Å². The first kappa shape index (κ1) is 16.5. The van der Waals surface area contributed by atoms with Gasteiger partial charge in [0.1, 0.15) is 22.2 Å². The molecule has 0 aliphatic carbocycles. The lowest BCUT2D eigenvalue weighted by molar-refractivity contribution is 0.0942. The second-order valence-electron chi connectivity index (χ2n) is 5.41. The zero-order valence-electron chi connectivity index (χ0n) is 13.5. The lowest BCUT2D eigenvalue weighted by Gasteiger charge is -2.10. The summed E-state index contributed by atoms with van der Waals surface area (Å²) in [6, 6.07) is 8.06. The number of ether oxygens (including phenoxy) is 1. The molecule has 0 aliphatic heterocycles. The number of hydrogen-bond acceptors (Lipinski definition) is 4. The second kappa shape index (κ2) is 7.40. The summed E-state index contributed by atoms with van der Waals surface area (Å²) in [5, 5.41) is 3.78. The molecular weight excluding hydrogens is 296 g/mol. The van der Waals surface area contributed by atoms with Crippen LogP contribution in [0.2, 0.25) is 0 Å². The lowest BCUT2D eigenvalue weighted by Crippen LogP contribution is -2.31. The number of aromatic nitrogens is 1. The van der Waals surface area contributed by atoms with Crippen molar-refractivity contribution >= 4 is 17.2 Å². The van der Waals surface area contributed by atoms with Gasteiger partial charge in [0.2, 0.25) is 0 Å². The van der Waals surface area contributed by atoms with Crippen LogP contribution < -0.4 is 10.1 Å². The maximum Gasteiger partial charge on any atom is 0.263 e. The fourth-order valence-corrected chi connectivity index (χ4v) is 2.78. The molecule has 0 saturated heterocycles. The predicted octanol–water partition coefficient (Wildman–Crippen LogP) is 3.87. The van der Waals surface area contributed by atoms with Crippen molar-refractivity contribution in [2.45, 2.75) is 46.8 Å². The van der Waals surface area contributed by atoms with Gasteiger partial charge in [0.05, 0.1) is 5.69 Å². The van der Waals surface area contributed by atoms with Gasteiger partial charge in [-0.05, 0) is 39.3 Å². The van der Waals surface area contributed by atoms with Crippen LogP contribution in [-0.4, -0.2) is 16.9 Å². The molecule has 4 nitrogen and oxygen atoms in total. The SMILES string of the molecule is CC[C@H](C)NC(=O)c1sc(COc2ccc(C)cc2)nc1C. The van der Waals surface area contributed by atoms with Crippen molar-refractivity contribution in [1.29, 1.82) is 0 Å². The van der Waals surface area contributed by atoms with Crippen molar-refractivity contribution in [3.05, 3.63) is 45.4 Å². The van der Waals surface area contributed by atoms with Crippen molar-refractivity contribution in [2.75, 3.05) is 0 Å². The molecule has 0 unspecified atom stereocenters. The van der Waals surface area contributed by atoms with E-state index in [1.807, 2.05) is 52.0 Å². The zero-order valence-corrected chi connectivity index (χ0v) is 14.3. The number of amides is 1. The second-order valence-corrected chi connectivity index (χ2v) is 6.49. The highest BCUT2D eigenvalue weighted by molar-refractivity contribution is 7.13. The molecule has 118 valence electrons. The van der Waals surface area contributed by atoms with Crippen LogP contribution in [0, 0.1) is 13.8 Å². The van der Waals surface area contributed by atoms with E-state index in [0.717, 1.165) is 22.9 Å². The smallest absolute Gasteiger partial charge is 0.263 e. The minimum absolute atomic E-state index is 0.0501. The fourth-order valence-electron chi connectivity index (χ4n) is 1.90. The van der Waals surface area contributed by atoms with Crippen molar-refractivity contribution in [1.82, 2.24) is 10.3 Å². The molecule has 1 atom stereocenters. The normalized spacial score (nSPS) is 12.0. The molecule has 5 heteroatoms. The third-order valence-corrected chi connectivity index (χ3v) is 4.55. The van der Waals surface area contributed by atoms with Crippen molar-refractivity contribution in [2.24, 2.45) is 0 Å². The average molecular weight is 318 g/mol. The van der Waals surface area contributed by atoms with Crippen LogP contribution in [0.1, 0.15) is 46.2 Å². The fraction of sp³-hybridized carbons (Fsp3) is 0.412. The third kappa shape index (κ3) is 4.31. The number of nitrogens with zero attached hydrogens (tertiary/aromatic N) is 1. The Morgan fingerprint density at radius 2 is 2.00 bits per heavy atom. The Bertz CT molecular complexity index is 635. The first-order valence-electron chi connectivity index (χ1n) is 7.46. The molecule has 0 bridgehead atoms. The maximum absolute atomic E-state index is 12.2. The molecule has 22 heavy (non-hydrogen) atoms. The van der Waals surface area contributed by atoms with E-state index in [-0.39, 0.29) is 11.9 Å². The van der Waals surface area contributed by atoms with Crippen molar-refractivity contribution in [3.8, 4) is 5.75 Å². The molecule has 0 saturated carbocycles. The van der Waals surface area contributed by atoms with E-state index < -0.39 is 0 Å². The monoisotopic (exact) mass is 318 g/mol. The Balaban J connectivity index is 2.00. The van der Waals surface area contributed by atoms with Gasteiger partial charge in [0.15, 0.2) is 0 Å². The van der Waals surface area contributed by atoms with E-state index >= 15 is 0 Å². The first-order chi connectivity index (χ1) is 10.5. The standard InChI is InChI=1S/C17H22N2O2S/c1-5-12(3)18-17(20)16-13(4)19-15(22-16)10-21-14-8-6-11(2)7-9-14/h6-9,12H,5,10H2,1-4H3,(H,18,20)/t12-/m0/s1. The van der Waals surface area contributed by atoms with E-state index in [1.165, 1.54) is 16.9 Å².